The van der Waals surface area contributed by atoms with Crippen LogP contribution in [0.2, 0.25) is 0 Å². The zero-order chi connectivity index (χ0) is 11.4. The summed E-state index contributed by atoms with van der Waals surface area (Å²) >= 11 is 0. The Labute approximate surface area is 98.8 Å². The van der Waals surface area contributed by atoms with Gasteiger partial charge in [0.15, 0.2) is 0 Å². The maximum atomic E-state index is 9.43. The van der Waals surface area contributed by atoms with Gasteiger partial charge in [-0.3, -0.25) is 4.90 Å². The van der Waals surface area contributed by atoms with Crippen LogP contribution in [0, 0.1) is 0 Å². The largest absolute Gasteiger partial charge is 0.395 e. The number of aliphatic hydroxyl groups excluding tert-OH is 1. The number of nitrogens with zero attached hydrogens (tertiary/aromatic N) is 1. The van der Waals surface area contributed by atoms with E-state index in [1.54, 1.807) is 0 Å². The number of rotatable bonds is 3. The van der Waals surface area contributed by atoms with Crippen molar-refractivity contribution >= 4 is 0 Å². The second-order valence-corrected chi connectivity index (χ2v) is 5.33. The molecule has 94 valence electrons. The fraction of sp³-hybridized carbons (Fsp3) is 1.00. The smallest absolute Gasteiger partial charge is 0.0706 e. The van der Waals surface area contributed by atoms with E-state index >= 15 is 0 Å². The molecule has 2 rings (SSSR count). The molecule has 3 heteroatoms. The molecule has 0 saturated carbocycles. The van der Waals surface area contributed by atoms with Gasteiger partial charge in [0.05, 0.1) is 18.8 Å². The van der Waals surface area contributed by atoms with E-state index in [0.717, 1.165) is 19.5 Å². The van der Waals surface area contributed by atoms with Gasteiger partial charge < -0.3 is 9.84 Å². The van der Waals surface area contributed by atoms with Crippen LogP contribution in [0.5, 0.6) is 0 Å². The Hall–Kier alpha value is -0.120. The molecule has 0 aromatic carbocycles. The molecule has 0 radical (unpaired) electrons. The van der Waals surface area contributed by atoms with Crippen LogP contribution in [-0.4, -0.2) is 48.0 Å². The van der Waals surface area contributed by atoms with Crippen molar-refractivity contribution in [1.29, 1.82) is 0 Å². The number of aliphatic hydroxyl groups is 1. The van der Waals surface area contributed by atoms with Crippen LogP contribution in [-0.2, 0) is 4.74 Å². The summed E-state index contributed by atoms with van der Waals surface area (Å²) in [6.45, 7) is 4.63. The Kier molecular flexibility index (Phi) is 4.62. The molecular weight excluding hydrogens is 202 g/mol. The average Bonchev–Trinajstić information content (AvgIpc) is 2.56. The highest BCUT2D eigenvalue weighted by atomic mass is 16.5. The van der Waals surface area contributed by atoms with Gasteiger partial charge in [0.25, 0.3) is 0 Å². The van der Waals surface area contributed by atoms with E-state index < -0.39 is 0 Å². The first kappa shape index (κ1) is 12.3. The van der Waals surface area contributed by atoms with E-state index in [1.807, 2.05) is 0 Å². The van der Waals surface area contributed by atoms with Gasteiger partial charge in [-0.25, -0.2) is 0 Å². The van der Waals surface area contributed by atoms with E-state index in [-0.39, 0.29) is 0 Å². The zero-order valence-corrected chi connectivity index (χ0v) is 10.4. The van der Waals surface area contributed by atoms with Gasteiger partial charge in [-0.15, -0.1) is 0 Å². The number of likely N-dealkylation sites (tertiary alicyclic amines) is 1. The maximum absolute atomic E-state index is 9.43. The van der Waals surface area contributed by atoms with Crippen molar-refractivity contribution in [3.8, 4) is 0 Å². The summed E-state index contributed by atoms with van der Waals surface area (Å²) in [5, 5.41) is 9.43. The van der Waals surface area contributed by atoms with Gasteiger partial charge >= 0.3 is 0 Å². The van der Waals surface area contributed by atoms with Gasteiger partial charge in [0.1, 0.15) is 0 Å². The summed E-state index contributed by atoms with van der Waals surface area (Å²) in [5.74, 6) is 0. The summed E-state index contributed by atoms with van der Waals surface area (Å²) in [4.78, 5) is 2.45. The summed E-state index contributed by atoms with van der Waals surface area (Å²) in [5.41, 5.74) is 0. The standard InChI is InChI=1S/C13H25NO2/c1-11-6-7-13(16-11)9-14-8-4-2-3-5-12(14)10-15/h11-13,15H,2-10H2,1H3. The van der Waals surface area contributed by atoms with Gasteiger partial charge in [0, 0.05) is 12.6 Å². The predicted molar refractivity (Wildman–Crippen MR) is 64.5 cm³/mol. The van der Waals surface area contributed by atoms with Crippen molar-refractivity contribution in [2.75, 3.05) is 19.7 Å². The number of hydrogen-bond acceptors (Lipinski definition) is 3. The molecule has 0 amide bonds. The first-order valence-electron chi connectivity index (χ1n) is 6.80. The molecule has 2 fully saturated rings. The number of ether oxygens (including phenoxy) is 1. The highest BCUT2D eigenvalue weighted by molar-refractivity contribution is 4.80. The molecule has 2 aliphatic rings. The predicted octanol–water partition coefficient (Wildman–Crippen LogP) is 1.79. The van der Waals surface area contributed by atoms with Crippen LogP contribution in [0.15, 0.2) is 0 Å². The lowest BCUT2D eigenvalue weighted by Crippen LogP contribution is -2.42. The summed E-state index contributed by atoms with van der Waals surface area (Å²) in [7, 11) is 0. The Morgan fingerprint density at radius 1 is 1.19 bits per heavy atom. The molecule has 2 aliphatic heterocycles. The first-order chi connectivity index (χ1) is 7.79. The zero-order valence-electron chi connectivity index (χ0n) is 10.4. The second kappa shape index (κ2) is 5.99. The average molecular weight is 227 g/mol. The van der Waals surface area contributed by atoms with Crippen molar-refractivity contribution in [2.45, 2.75) is 63.7 Å². The van der Waals surface area contributed by atoms with E-state index in [2.05, 4.69) is 11.8 Å². The van der Waals surface area contributed by atoms with Crippen LogP contribution >= 0.6 is 0 Å². The molecule has 0 aromatic heterocycles. The van der Waals surface area contributed by atoms with E-state index in [9.17, 15) is 5.11 Å². The van der Waals surface area contributed by atoms with Crippen molar-refractivity contribution in [2.24, 2.45) is 0 Å². The van der Waals surface area contributed by atoms with Crippen LogP contribution in [0.4, 0.5) is 0 Å². The third kappa shape index (κ3) is 3.19. The molecule has 0 spiro atoms. The van der Waals surface area contributed by atoms with Gasteiger partial charge in [-0.1, -0.05) is 12.8 Å². The minimum atomic E-state index is 0.308. The van der Waals surface area contributed by atoms with Crippen molar-refractivity contribution in [3.63, 3.8) is 0 Å². The second-order valence-electron chi connectivity index (χ2n) is 5.33. The lowest BCUT2D eigenvalue weighted by atomic mass is 10.1. The van der Waals surface area contributed by atoms with Crippen LogP contribution in [0.1, 0.15) is 45.4 Å². The fourth-order valence-corrected chi connectivity index (χ4v) is 2.96. The molecule has 3 atom stereocenters. The fourth-order valence-electron chi connectivity index (χ4n) is 2.96. The van der Waals surface area contributed by atoms with Gasteiger partial charge in [0.2, 0.25) is 0 Å². The summed E-state index contributed by atoms with van der Waals surface area (Å²) in [6, 6.07) is 0.377. The minimum Gasteiger partial charge on any atom is -0.395 e. The summed E-state index contributed by atoms with van der Waals surface area (Å²) < 4.78 is 5.87. The highest BCUT2D eigenvalue weighted by Crippen LogP contribution is 2.23. The highest BCUT2D eigenvalue weighted by Gasteiger charge is 2.27. The molecule has 0 aromatic rings. The Balaban J connectivity index is 1.85. The Bertz CT molecular complexity index is 210. The monoisotopic (exact) mass is 227 g/mol. The van der Waals surface area contributed by atoms with E-state index in [0.29, 0.717) is 24.9 Å². The quantitative estimate of drug-likeness (QED) is 0.798. The SMILES string of the molecule is CC1CCC(CN2CCCCCC2CO)O1. The van der Waals surface area contributed by atoms with Gasteiger partial charge in [-0.2, -0.15) is 0 Å². The normalized spacial score (nSPS) is 37.5. The Morgan fingerprint density at radius 3 is 2.75 bits per heavy atom. The molecule has 3 nitrogen and oxygen atoms in total. The van der Waals surface area contributed by atoms with Gasteiger partial charge in [-0.05, 0) is 39.2 Å². The molecule has 0 bridgehead atoms. The molecular formula is C13H25NO2. The lowest BCUT2D eigenvalue weighted by Gasteiger charge is -2.30. The van der Waals surface area contributed by atoms with Crippen LogP contribution in [0.3, 0.4) is 0 Å². The van der Waals surface area contributed by atoms with Crippen molar-refractivity contribution < 1.29 is 9.84 Å². The molecule has 16 heavy (non-hydrogen) atoms. The first-order valence-corrected chi connectivity index (χ1v) is 6.80. The number of hydrogen-bond donors (Lipinski definition) is 1. The third-order valence-corrected chi connectivity index (χ3v) is 3.97. The minimum absolute atomic E-state index is 0.308. The Morgan fingerprint density at radius 2 is 2.06 bits per heavy atom. The molecule has 1 N–H and O–H groups in total. The topological polar surface area (TPSA) is 32.7 Å². The molecule has 0 aliphatic carbocycles. The maximum Gasteiger partial charge on any atom is 0.0706 e. The molecule has 2 saturated heterocycles. The van der Waals surface area contributed by atoms with E-state index in [4.69, 9.17) is 4.74 Å². The van der Waals surface area contributed by atoms with Crippen molar-refractivity contribution in [3.05, 3.63) is 0 Å². The van der Waals surface area contributed by atoms with E-state index in [1.165, 1.54) is 32.1 Å². The lowest BCUT2D eigenvalue weighted by molar-refractivity contribution is 0.0141. The van der Waals surface area contributed by atoms with Crippen LogP contribution in [0.25, 0.3) is 0 Å². The van der Waals surface area contributed by atoms with Crippen LogP contribution < -0.4 is 0 Å². The summed E-state index contributed by atoms with van der Waals surface area (Å²) in [6.07, 6.45) is 8.24. The third-order valence-electron chi connectivity index (χ3n) is 3.97. The molecule has 2 heterocycles. The molecule has 3 unspecified atom stereocenters. The van der Waals surface area contributed by atoms with Crippen molar-refractivity contribution in [1.82, 2.24) is 4.90 Å².